The average molecular weight is 265 g/mol. The molecule has 0 aliphatic carbocycles. The Balaban J connectivity index is 2.15. The lowest BCUT2D eigenvalue weighted by Crippen LogP contribution is -2.39. The third kappa shape index (κ3) is 3.41. The second-order valence-corrected chi connectivity index (χ2v) is 4.05. The van der Waals surface area contributed by atoms with Gasteiger partial charge in [-0.05, 0) is 12.1 Å². The number of aliphatic carboxylic acids is 1. The average Bonchev–Trinajstić information content (AvgIpc) is 2.45. The fourth-order valence-electron chi connectivity index (χ4n) is 1.85. The van der Waals surface area contributed by atoms with Crippen LogP contribution in [0.15, 0.2) is 18.3 Å². The fraction of sp³-hybridized carbons (Fsp3) is 0.417. The first kappa shape index (κ1) is 13.3. The molecular weight excluding hydrogens is 250 g/mol. The van der Waals surface area contributed by atoms with Crippen LogP contribution in [-0.2, 0) is 9.53 Å². The number of nitrogens with one attached hydrogen (secondary N) is 1. The predicted octanol–water partition coefficient (Wildman–Crippen LogP) is -0.267. The topological polar surface area (TPSA) is 91.8 Å². The first-order chi connectivity index (χ1) is 9.18. The lowest BCUT2D eigenvalue weighted by Gasteiger charge is -2.29. The third-order valence-electron chi connectivity index (χ3n) is 2.74. The van der Waals surface area contributed by atoms with Gasteiger partial charge in [0.25, 0.3) is 5.91 Å². The lowest BCUT2D eigenvalue weighted by molar-refractivity contribution is -0.135. The molecular formula is C12H15N3O4. The molecule has 0 bridgehead atoms. The Bertz CT molecular complexity index is 472. The fourth-order valence-corrected chi connectivity index (χ4v) is 1.85. The molecule has 1 aliphatic heterocycles. The summed E-state index contributed by atoms with van der Waals surface area (Å²) in [6.45, 7) is 2.10. The number of rotatable bonds is 4. The maximum Gasteiger partial charge on any atom is 0.322 e. The Morgan fingerprint density at radius 3 is 2.84 bits per heavy atom. The van der Waals surface area contributed by atoms with Crippen molar-refractivity contribution in [3.8, 4) is 0 Å². The summed E-state index contributed by atoms with van der Waals surface area (Å²) in [4.78, 5) is 28.6. The van der Waals surface area contributed by atoms with Crippen LogP contribution in [-0.4, -0.2) is 54.8 Å². The van der Waals surface area contributed by atoms with Gasteiger partial charge < -0.3 is 20.1 Å². The van der Waals surface area contributed by atoms with E-state index >= 15 is 0 Å². The van der Waals surface area contributed by atoms with Crippen molar-refractivity contribution in [1.82, 2.24) is 10.3 Å². The molecule has 1 saturated heterocycles. The van der Waals surface area contributed by atoms with E-state index in [0.29, 0.717) is 37.7 Å². The molecule has 0 aromatic carbocycles. The number of aromatic nitrogens is 1. The Labute approximate surface area is 110 Å². The number of hydrogen-bond acceptors (Lipinski definition) is 5. The molecule has 19 heavy (non-hydrogen) atoms. The van der Waals surface area contributed by atoms with Gasteiger partial charge in [-0.2, -0.15) is 0 Å². The molecule has 2 heterocycles. The number of ether oxygens (including phenoxy) is 1. The molecule has 0 atom stereocenters. The maximum atomic E-state index is 11.9. The van der Waals surface area contributed by atoms with Crippen molar-refractivity contribution in [1.29, 1.82) is 0 Å². The number of morpholine rings is 1. The van der Waals surface area contributed by atoms with Crippen molar-refractivity contribution in [2.75, 3.05) is 37.7 Å². The van der Waals surface area contributed by atoms with Gasteiger partial charge in [0, 0.05) is 19.3 Å². The van der Waals surface area contributed by atoms with Crippen molar-refractivity contribution >= 4 is 17.7 Å². The highest BCUT2D eigenvalue weighted by Crippen LogP contribution is 2.18. The maximum absolute atomic E-state index is 11.9. The molecule has 1 aromatic rings. The van der Waals surface area contributed by atoms with Crippen molar-refractivity contribution in [3.05, 3.63) is 23.9 Å². The summed E-state index contributed by atoms with van der Waals surface area (Å²) >= 11 is 0. The molecule has 1 aliphatic rings. The highest BCUT2D eigenvalue weighted by atomic mass is 16.5. The van der Waals surface area contributed by atoms with Gasteiger partial charge in [-0.25, -0.2) is 4.98 Å². The number of carbonyl (C=O) groups is 2. The lowest BCUT2D eigenvalue weighted by atomic mass is 10.2. The van der Waals surface area contributed by atoms with Gasteiger partial charge >= 0.3 is 5.97 Å². The van der Waals surface area contributed by atoms with E-state index in [0.717, 1.165) is 0 Å². The number of anilines is 1. The Kier molecular flexibility index (Phi) is 4.30. The summed E-state index contributed by atoms with van der Waals surface area (Å²) in [6.07, 6.45) is 1.61. The number of carboxylic acid groups (broad SMARTS) is 1. The minimum atomic E-state index is -1.08. The van der Waals surface area contributed by atoms with Crippen LogP contribution in [0.5, 0.6) is 0 Å². The van der Waals surface area contributed by atoms with E-state index in [2.05, 4.69) is 10.3 Å². The Morgan fingerprint density at radius 1 is 1.42 bits per heavy atom. The number of hydrogen-bond donors (Lipinski definition) is 2. The molecule has 2 rings (SSSR count). The monoisotopic (exact) mass is 265 g/mol. The van der Waals surface area contributed by atoms with Gasteiger partial charge in [0.05, 0.1) is 18.8 Å². The van der Waals surface area contributed by atoms with E-state index in [4.69, 9.17) is 9.84 Å². The van der Waals surface area contributed by atoms with E-state index in [1.165, 1.54) is 0 Å². The number of pyridine rings is 1. The van der Waals surface area contributed by atoms with E-state index in [9.17, 15) is 9.59 Å². The molecule has 102 valence electrons. The van der Waals surface area contributed by atoms with Gasteiger partial charge in [-0.1, -0.05) is 0 Å². The van der Waals surface area contributed by atoms with E-state index in [1.807, 2.05) is 4.90 Å². The zero-order valence-corrected chi connectivity index (χ0v) is 10.3. The van der Waals surface area contributed by atoms with Crippen LogP contribution in [0.2, 0.25) is 0 Å². The second kappa shape index (κ2) is 6.14. The standard InChI is InChI=1S/C12H15N3O4/c16-10(17)8-14-12(18)9-2-1-3-13-11(9)15-4-6-19-7-5-15/h1-3H,4-8H2,(H,14,18)(H,16,17). The van der Waals surface area contributed by atoms with Crippen LogP contribution in [0.25, 0.3) is 0 Å². The molecule has 0 spiro atoms. The Morgan fingerprint density at radius 2 is 2.16 bits per heavy atom. The number of nitrogens with zero attached hydrogens (tertiary/aromatic N) is 2. The SMILES string of the molecule is O=C(O)CNC(=O)c1cccnc1N1CCOCC1. The van der Waals surface area contributed by atoms with Gasteiger partial charge in [0.15, 0.2) is 0 Å². The van der Waals surface area contributed by atoms with Gasteiger partial charge in [0.1, 0.15) is 12.4 Å². The van der Waals surface area contributed by atoms with Crippen LogP contribution in [0.3, 0.4) is 0 Å². The number of amides is 1. The third-order valence-corrected chi connectivity index (χ3v) is 2.74. The number of carboxylic acids is 1. The van der Waals surface area contributed by atoms with Gasteiger partial charge in [0.2, 0.25) is 0 Å². The first-order valence-electron chi connectivity index (χ1n) is 5.96. The highest BCUT2D eigenvalue weighted by molar-refractivity contribution is 6.00. The van der Waals surface area contributed by atoms with E-state index in [1.54, 1.807) is 18.3 Å². The highest BCUT2D eigenvalue weighted by Gasteiger charge is 2.19. The molecule has 0 radical (unpaired) electrons. The van der Waals surface area contributed by atoms with Crippen molar-refractivity contribution in [2.24, 2.45) is 0 Å². The van der Waals surface area contributed by atoms with E-state index in [-0.39, 0.29) is 0 Å². The van der Waals surface area contributed by atoms with Crippen LogP contribution in [0.4, 0.5) is 5.82 Å². The molecule has 7 heteroatoms. The van der Waals surface area contributed by atoms with Crippen LogP contribution >= 0.6 is 0 Å². The van der Waals surface area contributed by atoms with Crippen molar-refractivity contribution in [3.63, 3.8) is 0 Å². The van der Waals surface area contributed by atoms with Crippen LogP contribution < -0.4 is 10.2 Å². The first-order valence-corrected chi connectivity index (χ1v) is 5.96. The molecule has 2 N–H and O–H groups in total. The zero-order chi connectivity index (χ0) is 13.7. The van der Waals surface area contributed by atoms with Gasteiger partial charge in [-0.3, -0.25) is 9.59 Å². The van der Waals surface area contributed by atoms with E-state index < -0.39 is 18.4 Å². The zero-order valence-electron chi connectivity index (χ0n) is 10.3. The molecule has 1 fully saturated rings. The molecule has 1 amide bonds. The summed E-state index contributed by atoms with van der Waals surface area (Å²) in [6, 6.07) is 3.29. The molecule has 7 nitrogen and oxygen atoms in total. The minimum absolute atomic E-state index is 0.380. The van der Waals surface area contributed by atoms with Crippen LogP contribution in [0, 0.1) is 0 Å². The molecule has 0 saturated carbocycles. The summed E-state index contributed by atoms with van der Waals surface area (Å²) < 4.78 is 5.25. The Hall–Kier alpha value is -2.15. The van der Waals surface area contributed by atoms with Gasteiger partial charge in [-0.15, -0.1) is 0 Å². The van der Waals surface area contributed by atoms with Crippen LogP contribution in [0.1, 0.15) is 10.4 Å². The molecule has 1 aromatic heterocycles. The summed E-state index contributed by atoms with van der Waals surface area (Å²) in [5, 5.41) is 10.9. The largest absolute Gasteiger partial charge is 0.480 e. The predicted molar refractivity (Wildman–Crippen MR) is 67.2 cm³/mol. The second-order valence-electron chi connectivity index (χ2n) is 4.05. The summed E-state index contributed by atoms with van der Waals surface area (Å²) in [7, 11) is 0. The summed E-state index contributed by atoms with van der Waals surface area (Å²) in [5.74, 6) is -0.948. The van der Waals surface area contributed by atoms with Crippen molar-refractivity contribution in [2.45, 2.75) is 0 Å². The minimum Gasteiger partial charge on any atom is -0.480 e. The smallest absolute Gasteiger partial charge is 0.322 e. The number of carbonyl (C=O) groups excluding carboxylic acids is 1. The molecule has 0 unspecified atom stereocenters. The quantitative estimate of drug-likeness (QED) is 0.779. The normalized spacial score (nSPS) is 15.1. The summed E-state index contributed by atoms with van der Waals surface area (Å²) in [5.41, 5.74) is 0.380. The van der Waals surface area contributed by atoms with Crippen molar-refractivity contribution < 1.29 is 19.4 Å².